The van der Waals surface area contributed by atoms with Gasteiger partial charge in [0.05, 0.1) is 0 Å². The predicted octanol–water partition coefficient (Wildman–Crippen LogP) is 2.74. The smallest absolute Gasteiger partial charge is 0.00663 e. The van der Waals surface area contributed by atoms with Gasteiger partial charge in [0.15, 0.2) is 0 Å². The summed E-state index contributed by atoms with van der Waals surface area (Å²) in [5.74, 6) is 0.802. The van der Waals surface area contributed by atoms with Crippen molar-refractivity contribution in [3.8, 4) is 0 Å². The lowest BCUT2D eigenvalue weighted by Gasteiger charge is -2.26. The van der Waals surface area contributed by atoms with Crippen molar-refractivity contribution < 1.29 is 0 Å². The highest BCUT2D eigenvalue weighted by atomic mass is 15.1. The first kappa shape index (κ1) is 14.9. The molecule has 0 rings (SSSR count). The third-order valence-corrected chi connectivity index (χ3v) is 2.81. The molecule has 92 valence electrons. The molecule has 0 saturated carbocycles. The van der Waals surface area contributed by atoms with Gasteiger partial charge in [-0.3, -0.25) is 0 Å². The first-order chi connectivity index (χ1) is 6.93. The van der Waals surface area contributed by atoms with Gasteiger partial charge in [-0.15, -0.1) is 0 Å². The van der Waals surface area contributed by atoms with Crippen LogP contribution in [0, 0.1) is 5.92 Å². The highest BCUT2D eigenvalue weighted by molar-refractivity contribution is 4.66. The van der Waals surface area contributed by atoms with Crippen LogP contribution in [0.5, 0.6) is 0 Å². The van der Waals surface area contributed by atoms with E-state index in [0.717, 1.165) is 12.5 Å². The number of hydrogen-bond acceptors (Lipinski definition) is 2. The van der Waals surface area contributed by atoms with Gasteiger partial charge in [0, 0.05) is 12.1 Å². The standard InChI is InChI=1S/C13H30N2/c1-11(2)10-13(5)15(6)9-7-8-14-12(3)4/h11-14H,7-10H2,1-6H3. The molecule has 0 fully saturated rings. The second-order valence-corrected chi connectivity index (χ2v) is 5.42. The lowest BCUT2D eigenvalue weighted by atomic mass is 10.0. The van der Waals surface area contributed by atoms with Crippen LogP contribution >= 0.6 is 0 Å². The fourth-order valence-corrected chi connectivity index (χ4v) is 1.80. The summed E-state index contributed by atoms with van der Waals surface area (Å²) in [6.45, 7) is 13.7. The minimum atomic E-state index is 0.614. The molecule has 1 unspecified atom stereocenters. The Kier molecular flexibility index (Phi) is 8.07. The Balaban J connectivity index is 3.51. The average Bonchev–Trinajstić information content (AvgIpc) is 2.10. The topological polar surface area (TPSA) is 15.3 Å². The molecule has 0 bridgehead atoms. The largest absolute Gasteiger partial charge is 0.314 e. The molecular weight excluding hydrogens is 184 g/mol. The van der Waals surface area contributed by atoms with Gasteiger partial charge in [0.25, 0.3) is 0 Å². The molecule has 0 radical (unpaired) electrons. The number of rotatable bonds is 8. The molecule has 0 aliphatic heterocycles. The van der Waals surface area contributed by atoms with Crippen LogP contribution in [0.15, 0.2) is 0 Å². The van der Waals surface area contributed by atoms with Crippen LogP contribution in [0.1, 0.15) is 47.5 Å². The molecule has 0 saturated heterocycles. The van der Waals surface area contributed by atoms with Crippen LogP contribution in [0.3, 0.4) is 0 Å². The van der Waals surface area contributed by atoms with Gasteiger partial charge >= 0.3 is 0 Å². The summed E-state index contributed by atoms with van der Waals surface area (Å²) in [5, 5.41) is 3.45. The summed E-state index contributed by atoms with van der Waals surface area (Å²) in [7, 11) is 2.24. The molecule has 1 N–H and O–H groups in total. The molecule has 0 aliphatic carbocycles. The minimum Gasteiger partial charge on any atom is -0.314 e. The number of nitrogens with one attached hydrogen (secondary N) is 1. The van der Waals surface area contributed by atoms with Crippen LogP contribution in [0.25, 0.3) is 0 Å². The minimum absolute atomic E-state index is 0.614. The van der Waals surface area contributed by atoms with E-state index < -0.39 is 0 Å². The van der Waals surface area contributed by atoms with E-state index in [9.17, 15) is 0 Å². The number of nitrogens with zero attached hydrogens (tertiary/aromatic N) is 1. The van der Waals surface area contributed by atoms with Gasteiger partial charge in [-0.1, -0.05) is 27.7 Å². The van der Waals surface area contributed by atoms with Gasteiger partial charge in [0.2, 0.25) is 0 Å². The maximum Gasteiger partial charge on any atom is 0.00663 e. The summed E-state index contributed by atoms with van der Waals surface area (Å²) >= 11 is 0. The molecule has 2 nitrogen and oxygen atoms in total. The fraction of sp³-hybridized carbons (Fsp3) is 1.00. The van der Waals surface area contributed by atoms with E-state index in [2.05, 4.69) is 51.9 Å². The molecule has 15 heavy (non-hydrogen) atoms. The third kappa shape index (κ3) is 8.88. The zero-order valence-corrected chi connectivity index (χ0v) is 11.5. The summed E-state index contributed by atoms with van der Waals surface area (Å²) in [6, 6.07) is 1.33. The number of hydrogen-bond donors (Lipinski definition) is 1. The van der Waals surface area contributed by atoms with E-state index in [-0.39, 0.29) is 0 Å². The van der Waals surface area contributed by atoms with Gasteiger partial charge in [-0.2, -0.15) is 0 Å². The lowest BCUT2D eigenvalue weighted by Crippen LogP contribution is -2.33. The normalized spacial score (nSPS) is 14.2. The van der Waals surface area contributed by atoms with Crippen LogP contribution < -0.4 is 5.32 Å². The molecule has 1 atom stereocenters. The zero-order chi connectivity index (χ0) is 11.8. The molecule has 0 spiro atoms. The van der Waals surface area contributed by atoms with Crippen molar-refractivity contribution in [2.75, 3.05) is 20.1 Å². The van der Waals surface area contributed by atoms with Crippen molar-refractivity contribution in [1.82, 2.24) is 10.2 Å². The van der Waals surface area contributed by atoms with Crippen molar-refractivity contribution >= 4 is 0 Å². The van der Waals surface area contributed by atoms with Gasteiger partial charge in [0.1, 0.15) is 0 Å². The Morgan fingerprint density at radius 2 is 1.67 bits per heavy atom. The van der Waals surface area contributed by atoms with Crippen molar-refractivity contribution in [2.45, 2.75) is 59.5 Å². The van der Waals surface area contributed by atoms with Crippen LogP contribution in [0.2, 0.25) is 0 Å². The average molecular weight is 214 g/mol. The molecular formula is C13H30N2. The van der Waals surface area contributed by atoms with Crippen LogP contribution in [0.4, 0.5) is 0 Å². The Bertz CT molecular complexity index is 143. The van der Waals surface area contributed by atoms with Gasteiger partial charge in [-0.25, -0.2) is 0 Å². The van der Waals surface area contributed by atoms with Crippen LogP contribution in [-0.2, 0) is 0 Å². The summed E-state index contributed by atoms with van der Waals surface area (Å²) < 4.78 is 0. The molecule has 0 aromatic heterocycles. The second kappa shape index (κ2) is 8.12. The van der Waals surface area contributed by atoms with E-state index in [1.54, 1.807) is 0 Å². The van der Waals surface area contributed by atoms with Crippen molar-refractivity contribution in [2.24, 2.45) is 5.92 Å². The van der Waals surface area contributed by atoms with E-state index in [1.165, 1.54) is 19.4 Å². The molecule has 0 heterocycles. The van der Waals surface area contributed by atoms with Crippen LogP contribution in [-0.4, -0.2) is 37.1 Å². The highest BCUT2D eigenvalue weighted by Gasteiger charge is 2.10. The zero-order valence-electron chi connectivity index (χ0n) is 11.5. The molecule has 0 aliphatic rings. The Labute approximate surface area is 96.4 Å². The Morgan fingerprint density at radius 3 is 2.13 bits per heavy atom. The SMILES string of the molecule is CC(C)CC(C)N(C)CCCNC(C)C. The molecule has 0 aromatic carbocycles. The first-order valence-electron chi connectivity index (χ1n) is 6.37. The molecule has 0 aromatic rings. The second-order valence-electron chi connectivity index (χ2n) is 5.42. The van der Waals surface area contributed by atoms with E-state index in [0.29, 0.717) is 12.1 Å². The Morgan fingerprint density at radius 1 is 1.07 bits per heavy atom. The van der Waals surface area contributed by atoms with E-state index >= 15 is 0 Å². The summed E-state index contributed by atoms with van der Waals surface area (Å²) in [4.78, 5) is 2.47. The quantitative estimate of drug-likeness (QED) is 0.625. The van der Waals surface area contributed by atoms with E-state index in [1.807, 2.05) is 0 Å². The maximum atomic E-state index is 3.45. The summed E-state index contributed by atoms with van der Waals surface area (Å²) in [5.41, 5.74) is 0. The molecule has 2 heteroatoms. The highest BCUT2D eigenvalue weighted by Crippen LogP contribution is 2.09. The van der Waals surface area contributed by atoms with E-state index in [4.69, 9.17) is 0 Å². The first-order valence-corrected chi connectivity index (χ1v) is 6.37. The molecule has 0 amide bonds. The van der Waals surface area contributed by atoms with Crippen molar-refractivity contribution in [3.05, 3.63) is 0 Å². The van der Waals surface area contributed by atoms with Gasteiger partial charge < -0.3 is 10.2 Å². The van der Waals surface area contributed by atoms with Crippen molar-refractivity contribution in [3.63, 3.8) is 0 Å². The Hall–Kier alpha value is -0.0800. The maximum absolute atomic E-state index is 3.45. The lowest BCUT2D eigenvalue weighted by molar-refractivity contribution is 0.225. The summed E-state index contributed by atoms with van der Waals surface area (Å²) in [6.07, 6.45) is 2.55. The fourth-order valence-electron chi connectivity index (χ4n) is 1.80. The van der Waals surface area contributed by atoms with Gasteiger partial charge in [-0.05, 0) is 45.8 Å². The van der Waals surface area contributed by atoms with Crippen molar-refractivity contribution in [1.29, 1.82) is 0 Å². The third-order valence-electron chi connectivity index (χ3n) is 2.81. The predicted molar refractivity (Wildman–Crippen MR) is 69.3 cm³/mol. The monoisotopic (exact) mass is 214 g/mol.